The molecule has 0 atom stereocenters. The van der Waals surface area contributed by atoms with Gasteiger partial charge in [-0.25, -0.2) is 0 Å². The highest BCUT2D eigenvalue weighted by Gasteiger charge is 1.74. The van der Waals surface area contributed by atoms with Gasteiger partial charge in [0.05, 0.1) is 0 Å². The van der Waals surface area contributed by atoms with Gasteiger partial charge in [0.1, 0.15) is 12.6 Å². The Kier molecular flexibility index (Phi) is 20.9. The summed E-state index contributed by atoms with van der Waals surface area (Å²) in [7, 11) is 0. The quantitative estimate of drug-likeness (QED) is 0.356. The van der Waals surface area contributed by atoms with E-state index in [0.29, 0.717) is 12.8 Å². The average Bonchev–Trinajstić information content (AvgIpc) is 2.31. The van der Waals surface area contributed by atoms with Crippen LogP contribution in [0.2, 0.25) is 0 Å². The lowest BCUT2D eigenvalue weighted by molar-refractivity contribution is -0.108. The van der Waals surface area contributed by atoms with Crippen molar-refractivity contribution in [2.45, 2.75) is 52.4 Å². The predicted octanol–water partition coefficient (Wildman–Crippen LogP) is 3.86. The first-order chi connectivity index (χ1) is 7.83. The van der Waals surface area contributed by atoms with E-state index in [0.717, 1.165) is 38.3 Å². The molecule has 0 saturated carbocycles. The van der Waals surface area contributed by atoms with E-state index in [-0.39, 0.29) is 0 Å². The van der Waals surface area contributed by atoms with Crippen molar-refractivity contribution in [2.24, 2.45) is 0 Å². The van der Waals surface area contributed by atoms with Crippen molar-refractivity contribution < 1.29 is 9.59 Å². The third-order valence-electron chi connectivity index (χ3n) is 1.71. The highest BCUT2D eigenvalue weighted by atomic mass is 16.1. The number of hydrogen-bond donors (Lipinski definition) is 0. The summed E-state index contributed by atoms with van der Waals surface area (Å²) in [5.74, 6) is 0. The van der Waals surface area contributed by atoms with Crippen molar-refractivity contribution in [3.8, 4) is 0 Å². The van der Waals surface area contributed by atoms with Crippen LogP contribution in [0.4, 0.5) is 0 Å². The minimum absolute atomic E-state index is 0.663. The standard InChI is InChI=1S/2C7H12O/c2*1-2-3-4-5-6-7-8/h2*3-4,7H,2,5-6H2,1H3/b4-3+;4-3-. The molecule has 0 aromatic heterocycles. The van der Waals surface area contributed by atoms with E-state index in [1.54, 1.807) is 0 Å². The molecular formula is C14H24O2. The Hall–Kier alpha value is -1.18. The number of aldehydes is 2. The molecule has 16 heavy (non-hydrogen) atoms. The van der Waals surface area contributed by atoms with Gasteiger partial charge in [0.2, 0.25) is 0 Å². The van der Waals surface area contributed by atoms with Crippen molar-refractivity contribution in [3.63, 3.8) is 0 Å². The second kappa shape index (κ2) is 19.4. The Morgan fingerprint density at radius 3 is 1.25 bits per heavy atom. The molecule has 0 saturated heterocycles. The second-order valence-corrected chi connectivity index (χ2v) is 3.25. The lowest BCUT2D eigenvalue weighted by Crippen LogP contribution is -1.69. The van der Waals surface area contributed by atoms with Crippen molar-refractivity contribution in [2.75, 3.05) is 0 Å². The number of rotatable bonds is 8. The third kappa shape index (κ3) is 23.0. The molecule has 0 spiro atoms. The zero-order valence-electron chi connectivity index (χ0n) is 10.5. The van der Waals surface area contributed by atoms with Crippen molar-refractivity contribution in [1.82, 2.24) is 0 Å². The van der Waals surface area contributed by atoms with Gasteiger partial charge < -0.3 is 9.59 Å². The third-order valence-corrected chi connectivity index (χ3v) is 1.71. The summed E-state index contributed by atoms with van der Waals surface area (Å²) in [4.78, 5) is 19.5. The van der Waals surface area contributed by atoms with E-state index < -0.39 is 0 Å². The molecule has 0 unspecified atom stereocenters. The fraction of sp³-hybridized carbons (Fsp3) is 0.571. The van der Waals surface area contributed by atoms with Gasteiger partial charge >= 0.3 is 0 Å². The molecule has 0 N–H and O–H groups in total. The Bertz CT molecular complexity index is 171. The molecule has 0 fully saturated rings. The Morgan fingerprint density at radius 2 is 1.00 bits per heavy atom. The number of hydrogen-bond acceptors (Lipinski definition) is 2. The summed E-state index contributed by atoms with van der Waals surface area (Å²) < 4.78 is 0. The summed E-state index contributed by atoms with van der Waals surface area (Å²) in [6.45, 7) is 4.16. The van der Waals surface area contributed by atoms with Crippen LogP contribution in [0.15, 0.2) is 24.3 Å². The molecule has 0 radical (unpaired) electrons. The Morgan fingerprint density at radius 1 is 0.625 bits per heavy atom. The fourth-order valence-corrected chi connectivity index (χ4v) is 0.898. The normalized spacial score (nSPS) is 10.1. The first-order valence-electron chi connectivity index (χ1n) is 6.00. The monoisotopic (exact) mass is 224 g/mol. The van der Waals surface area contributed by atoms with Crippen LogP contribution < -0.4 is 0 Å². The average molecular weight is 224 g/mol. The van der Waals surface area contributed by atoms with Crippen molar-refractivity contribution >= 4 is 12.6 Å². The summed E-state index contributed by atoms with van der Waals surface area (Å²) in [5.41, 5.74) is 0. The maximum absolute atomic E-state index is 9.73. The minimum atomic E-state index is 0.663. The molecule has 0 bridgehead atoms. The molecule has 0 amide bonds. The van der Waals surface area contributed by atoms with Gasteiger partial charge in [-0.05, 0) is 25.7 Å². The maximum Gasteiger partial charge on any atom is 0.120 e. The fourth-order valence-electron chi connectivity index (χ4n) is 0.898. The Labute approximate surface area is 99.4 Å². The van der Waals surface area contributed by atoms with Crippen LogP contribution in [0.1, 0.15) is 52.4 Å². The van der Waals surface area contributed by atoms with E-state index in [2.05, 4.69) is 26.0 Å². The van der Waals surface area contributed by atoms with Crippen molar-refractivity contribution in [1.29, 1.82) is 0 Å². The van der Waals surface area contributed by atoms with Crippen LogP contribution in [0.3, 0.4) is 0 Å². The topological polar surface area (TPSA) is 34.1 Å². The molecule has 0 aliphatic rings. The highest BCUT2D eigenvalue weighted by molar-refractivity contribution is 5.49. The van der Waals surface area contributed by atoms with Gasteiger partial charge in [-0.15, -0.1) is 0 Å². The Balaban J connectivity index is 0. The van der Waals surface area contributed by atoms with Gasteiger partial charge in [-0.3, -0.25) is 0 Å². The SMILES string of the molecule is CC/C=C/CCC=O.CC/C=C\CCC=O. The van der Waals surface area contributed by atoms with Gasteiger partial charge in [0.25, 0.3) is 0 Å². The molecule has 0 aromatic rings. The number of carbonyl (C=O) groups excluding carboxylic acids is 2. The summed E-state index contributed by atoms with van der Waals surface area (Å²) in [5, 5.41) is 0. The summed E-state index contributed by atoms with van der Waals surface area (Å²) >= 11 is 0. The van der Waals surface area contributed by atoms with E-state index in [9.17, 15) is 9.59 Å². The molecule has 0 aliphatic carbocycles. The molecule has 92 valence electrons. The zero-order valence-corrected chi connectivity index (χ0v) is 10.5. The maximum atomic E-state index is 9.73. The van der Waals surface area contributed by atoms with Crippen LogP contribution in [0, 0.1) is 0 Å². The van der Waals surface area contributed by atoms with Crippen LogP contribution in [-0.2, 0) is 9.59 Å². The van der Waals surface area contributed by atoms with Crippen LogP contribution in [-0.4, -0.2) is 12.6 Å². The van der Waals surface area contributed by atoms with Gasteiger partial charge in [0, 0.05) is 12.8 Å². The van der Waals surface area contributed by atoms with E-state index in [4.69, 9.17) is 0 Å². The molecule has 2 nitrogen and oxygen atoms in total. The van der Waals surface area contributed by atoms with Crippen LogP contribution in [0.25, 0.3) is 0 Å². The molecule has 0 rings (SSSR count). The van der Waals surface area contributed by atoms with Crippen LogP contribution >= 0.6 is 0 Å². The van der Waals surface area contributed by atoms with Crippen molar-refractivity contribution in [3.05, 3.63) is 24.3 Å². The number of carbonyl (C=O) groups is 2. The zero-order chi connectivity index (χ0) is 12.5. The molecular weight excluding hydrogens is 200 g/mol. The van der Waals surface area contributed by atoms with E-state index in [1.165, 1.54) is 0 Å². The summed E-state index contributed by atoms with van der Waals surface area (Å²) in [6, 6.07) is 0. The molecule has 0 aliphatic heterocycles. The van der Waals surface area contributed by atoms with Crippen LogP contribution in [0.5, 0.6) is 0 Å². The number of allylic oxidation sites excluding steroid dienone is 4. The summed E-state index contributed by atoms with van der Waals surface area (Å²) in [6.07, 6.45) is 15.4. The largest absolute Gasteiger partial charge is 0.303 e. The molecule has 0 heterocycles. The predicted molar refractivity (Wildman–Crippen MR) is 69.5 cm³/mol. The van der Waals surface area contributed by atoms with E-state index in [1.807, 2.05) is 12.2 Å². The molecule has 2 heteroatoms. The first kappa shape index (κ1) is 17.2. The highest BCUT2D eigenvalue weighted by Crippen LogP contribution is 1.88. The minimum Gasteiger partial charge on any atom is -0.303 e. The smallest absolute Gasteiger partial charge is 0.120 e. The lowest BCUT2D eigenvalue weighted by atomic mass is 10.3. The lowest BCUT2D eigenvalue weighted by Gasteiger charge is -1.79. The van der Waals surface area contributed by atoms with Gasteiger partial charge in [-0.1, -0.05) is 38.2 Å². The number of unbranched alkanes of at least 4 members (excludes halogenated alkanes) is 2. The van der Waals surface area contributed by atoms with Gasteiger partial charge in [-0.2, -0.15) is 0 Å². The first-order valence-corrected chi connectivity index (χ1v) is 6.00. The second-order valence-electron chi connectivity index (χ2n) is 3.25. The van der Waals surface area contributed by atoms with E-state index >= 15 is 0 Å². The molecule has 0 aromatic carbocycles. The van der Waals surface area contributed by atoms with Gasteiger partial charge in [0.15, 0.2) is 0 Å².